The molecule has 6 heteroatoms. The summed E-state index contributed by atoms with van der Waals surface area (Å²) < 4.78 is 5.25. The van der Waals surface area contributed by atoms with Crippen molar-refractivity contribution < 1.29 is 14.3 Å². The summed E-state index contributed by atoms with van der Waals surface area (Å²) in [6.45, 7) is 0.348. The van der Waals surface area contributed by atoms with Gasteiger partial charge in [0, 0.05) is 26.0 Å². The van der Waals surface area contributed by atoms with E-state index in [1.165, 1.54) is 12.0 Å². The number of carbonyl (C=O) groups excluding carboxylic acids is 2. The predicted octanol–water partition coefficient (Wildman–Crippen LogP) is 1.76. The maximum Gasteiger partial charge on any atom is 0.324 e. The second kappa shape index (κ2) is 7.23. The van der Waals surface area contributed by atoms with Crippen molar-refractivity contribution in [2.75, 3.05) is 7.11 Å². The van der Waals surface area contributed by atoms with Crippen molar-refractivity contribution in [1.29, 1.82) is 0 Å². The molecule has 2 heterocycles. The Balaban J connectivity index is 1.65. The van der Waals surface area contributed by atoms with Crippen molar-refractivity contribution in [2.45, 2.75) is 25.1 Å². The summed E-state index contributed by atoms with van der Waals surface area (Å²) >= 11 is 0. The van der Waals surface area contributed by atoms with Crippen LogP contribution in [0.2, 0.25) is 0 Å². The molecule has 0 unspecified atom stereocenters. The first-order valence-corrected chi connectivity index (χ1v) is 7.77. The van der Waals surface area contributed by atoms with Crippen LogP contribution in [0, 0.1) is 0 Å². The summed E-state index contributed by atoms with van der Waals surface area (Å²) in [4.78, 5) is 29.8. The molecule has 124 valence electrons. The van der Waals surface area contributed by atoms with Gasteiger partial charge in [0.05, 0.1) is 6.04 Å². The van der Waals surface area contributed by atoms with Gasteiger partial charge in [-0.05, 0) is 29.7 Å². The Morgan fingerprint density at radius 3 is 2.54 bits per heavy atom. The van der Waals surface area contributed by atoms with Crippen LogP contribution in [0.25, 0.3) is 0 Å². The Morgan fingerprint density at radius 2 is 1.88 bits per heavy atom. The van der Waals surface area contributed by atoms with Gasteiger partial charge in [0.2, 0.25) is 0 Å². The molecule has 0 aliphatic carbocycles. The topological polar surface area (TPSA) is 71.5 Å². The number of hydrogen-bond donors (Lipinski definition) is 1. The molecule has 0 saturated carbocycles. The maximum absolute atomic E-state index is 12.4. The predicted molar refractivity (Wildman–Crippen MR) is 88.0 cm³/mol. The molecule has 1 aromatic carbocycles. The van der Waals surface area contributed by atoms with Crippen LogP contribution in [0.3, 0.4) is 0 Å². The van der Waals surface area contributed by atoms with Crippen LogP contribution in [0.4, 0.5) is 4.79 Å². The number of benzene rings is 1. The van der Waals surface area contributed by atoms with Gasteiger partial charge < -0.3 is 10.1 Å². The summed E-state index contributed by atoms with van der Waals surface area (Å²) in [6, 6.07) is 12.7. The molecule has 0 spiro atoms. The van der Waals surface area contributed by atoms with E-state index in [-0.39, 0.29) is 11.9 Å². The van der Waals surface area contributed by atoms with Gasteiger partial charge in [0.1, 0.15) is 0 Å². The van der Waals surface area contributed by atoms with Crippen molar-refractivity contribution in [3.63, 3.8) is 0 Å². The van der Waals surface area contributed by atoms with Crippen LogP contribution in [-0.2, 0) is 22.5 Å². The van der Waals surface area contributed by atoms with Crippen molar-refractivity contribution >= 4 is 11.9 Å². The Kier molecular flexibility index (Phi) is 4.86. The minimum Gasteiger partial charge on any atom is -0.369 e. The van der Waals surface area contributed by atoms with Gasteiger partial charge in [-0.1, -0.05) is 30.3 Å². The highest BCUT2D eigenvalue weighted by Crippen LogP contribution is 2.26. The SMILES string of the molecule is CO[C@H]1C(=O)N(C(=O)NCc2ccncc2)[C@@H]1Cc1ccccc1. The van der Waals surface area contributed by atoms with E-state index in [0.717, 1.165) is 11.1 Å². The lowest BCUT2D eigenvalue weighted by molar-refractivity contribution is -0.162. The van der Waals surface area contributed by atoms with Crippen LogP contribution < -0.4 is 5.32 Å². The van der Waals surface area contributed by atoms with Crippen LogP contribution >= 0.6 is 0 Å². The van der Waals surface area contributed by atoms with Gasteiger partial charge in [-0.25, -0.2) is 4.79 Å². The van der Waals surface area contributed by atoms with Crippen LogP contribution in [0.5, 0.6) is 0 Å². The van der Waals surface area contributed by atoms with Crippen molar-refractivity contribution in [3.05, 3.63) is 66.0 Å². The van der Waals surface area contributed by atoms with Crippen molar-refractivity contribution in [1.82, 2.24) is 15.2 Å². The lowest BCUT2D eigenvalue weighted by Crippen LogP contribution is -2.69. The number of rotatable bonds is 5. The fourth-order valence-corrected chi connectivity index (χ4v) is 2.84. The molecule has 3 amide bonds. The van der Waals surface area contributed by atoms with E-state index < -0.39 is 12.1 Å². The smallest absolute Gasteiger partial charge is 0.324 e. The summed E-state index contributed by atoms with van der Waals surface area (Å²) in [6.07, 6.45) is 3.33. The first-order valence-electron chi connectivity index (χ1n) is 7.77. The molecule has 1 aromatic heterocycles. The number of aromatic nitrogens is 1. The normalized spacial score (nSPS) is 19.7. The van der Waals surface area contributed by atoms with E-state index in [0.29, 0.717) is 13.0 Å². The van der Waals surface area contributed by atoms with Crippen molar-refractivity contribution in [3.8, 4) is 0 Å². The van der Waals surface area contributed by atoms with Crippen LogP contribution in [0.15, 0.2) is 54.9 Å². The molecule has 1 aliphatic heterocycles. The summed E-state index contributed by atoms with van der Waals surface area (Å²) in [5, 5.41) is 2.77. The minimum absolute atomic E-state index is 0.289. The highest BCUT2D eigenvalue weighted by molar-refractivity contribution is 6.02. The van der Waals surface area contributed by atoms with Crippen LogP contribution in [-0.4, -0.2) is 41.1 Å². The van der Waals surface area contributed by atoms with Gasteiger partial charge in [-0.2, -0.15) is 0 Å². The van der Waals surface area contributed by atoms with Gasteiger partial charge in [0.25, 0.3) is 5.91 Å². The number of nitrogens with zero attached hydrogens (tertiary/aromatic N) is 2. The molecule has 0 radical (unpaired) electrons. The van der Waals surface area contributed by atoms with E-state index in [9.17, 15) is 9.59 Å². The minimum atomic E-state index is -0.572. The first kappa shape index (κ1) is 16.1. The van der Waals surface area contributed by atoms with Crippen LogP contribution in [0.1, 0.15) is 11.1 Å². The molecule has 6 nitrogen and oxygen atoms in total. The second-order valence-corrected chi connectivity index (χ2v) is 5.64. The monoisotopic (exact) mass is 325 g/mol. The van der Waals surface area contributed by atoms with Crippen molar-refractivity contribution in [2.24, 2.45) is 0 Å². The Bertz CT molecular complexity index is 706. The number of ether oxygens (including phenoxy) is 1. The molecule has 1 N–H and O–H groups in total. The number of nitrogens with one attached hydrogen (secondary N) is 1. The Morgan fingerprint density at radius 1 is 1.17 bits per heavy atom. The highest BCUT2D eigenvalue weighted by atomic mass is 16.5. The fraction of sp³-hybridized carbons (Fsp3) is 0.278. The lowest BCUT2D eigenvalue weighted by atomic mass is 9.91. The molecule has 24 heavy (non-hydrogen) atoms. The van der Waals surface area contributed by atoms with E-state index in [2.05, 4.69) is 10.3 Å². The number of carbonyl (C=O) groups is 2. The zero-order valence-electron chi connectivity index (χ0n) is 13.4. The lowest BCUT2D eigenvalue weighted by Gasteiger charge is -2.44. The van der Waals surface area contributed by atoms with Gasteiger partial charge in [-0.3, -0.25) is 14.7 Å². The number of amides is 3. The summed E-state index contributed by atoms with van der Waals surface area (Å²) in [5.74, 6) is -0.300. The standard InChI is InChI=1S/C18H19N3O3/c1-24-16-15(11-13-5-3-2-4-6-13)21(17(16)22)18(23)20-12-14-7-9-19-10-8-14/h2-10,15-16H,11-12H2,1H3,(H,20,23)/t15-,16-/m1/s1. The van der Waals surface area contributed by atoms with E-state index in [4.69, 9.17) is 4.74 Å². The number of urea groups is 1. The zero-order chi connectivity index (χ0) is 16.9. The number of hydrogen-bond acceptors (Lipinski definition) is 4. The molecular formula is C18H19N3O3. The van der Waals surface area contributed by atoms with E-state index in [1.54, 1.807) is 12.4 Å². The third-order valence-electron chi connectivity index (χ3n) is 4.12. The third-order valence-corrected chi connectivity index (χ3v) is 4.12. The quantitative estimate of drug-likeness (QED) is 0.850. The molecule has 0 bridgehead atoms. The third kappa shape index (κ3) is 3.28. The Labute approximate surface area is 140 Å². The number of likely N-dealkylation sites (tertiary alicyclic amines) is 1. The zero-order valence-corrected chi connectivity index (χ0v) is 13.4. The van der Waals surface area contributed by atoms with Gasteiger partial charge >= 0.3 is 6.03 Å². The largest absolute Gasteiger partial charge is 0.369 e. The maximum atomic E-state index is 12.4. The number of imide groups is 1. The van der Waals surface area contributed by atoms with Gasteiger partial charge in [-0.15, -0.1) is 0 Å². The molecular weight excluding hydrogens is 306 g/mol. The first-order chi connectivity index (χ1) is 11.7. The number of β-lactam (4-membered cyclic amide) rings is 1. The average molecular weight is 325 g/mol. The summed E-state index contributed by atoms with van der Waals surface area (Å²) in [7, 11) is 1.49. The average Bonchev–Trinajstić information content (AvgIpc) is 2.62. The Hall–Kier alpha value is -2.73. The van der Waals surface area contributed by atoms with E-state index in [1.807, 2.05) is 42.5 Å². The fourth-order valence-electron chi connectivity index (χ4n) is 2.84. The molecule has 1 saturated heterocycles. The molecule has 2 atom stereocenters. The summed E-state index contributed by atoms with van der Waals surface area (Å²) in [5.41, 5.74) is 1.98. The molecule has 1 aliphatic rings. The van der Waals surface area contributed by atoms with E-state index >= 15 is 0 Å². The molecule has 1 fully saturated rings. The highest BCUT2D eigenvalue weighted by Gasteiger charge is 2.50. The number of pyridine rings is 1. The molecule has 3 rings (SSSR count). The van der Waals surface area contributed by atoms with Gasteiger partial charge in [0.15, 0.2) is 6.10 Å². The second-order valence-electron chi connectivity index (χ2n) is 5.64. The number of methoxy groups -OCH3 is 1. The molecule has 2 aromatic rings.